The van der Waals surface area contributed by atoms with E-state index in [-0.39, 0.29) is 23.3 Å². The van der Waals surface area contributed by atoms with E-state index in [1.54, 1.807) is 11.3 Å². The fourth-order valence-electron chi connectivity index (χ4n) is 4.79. The summed E-state index contributed by atoms with van der Waals surface area (Å²) >= 11 is 3.20. The van der Waals surface area contributed by atoms with Gasteiger partial charge >= 0.3 is 0 Å². The summed E-state index contributed by atoms with van der Waals surface area (Å²) in [5, 5.41) is 5.61. The lowest BCUT2D eigenvalue weighted by atomic mass is 9.82. The van der Waals surface area contributed by atoms with E-state index >= 15 is 0 Å². The zero-order valence-corrected chi connectivity index (χ0v) is 17.9. The lowest BCUT2D eigenvalue weighted by Crippen LogP contribution is -2.46. The van der Waals surface area contributed by atoms with Crippen molar-refractivity contribution in [3.63, 3.8) is 0 Å². The van der Waals surface area contributed by atoms with Gasteiger partial charge in [0.25, 0.3) is 5.91 Å². The van der Waals surface area contributed by atoms with Crippen LogP contribution in [0, 0.1) is 0 Å². The summed E-state index contributed by atoms with van der Waals surface area (Å²) < 4.78 is 5.45. The topological polar surface area (TPSA) is 71.5 Å². The van der Waals surface area contributed by atoms with Crippen molar-refractivity contribution in [3.05, 3.63) is 33.0 Å². The first-order valence-electron chi connectivity index (χ1n) is 10.4. The average Bonchev–Trinajstić information content (AvgIpc) is 3.53. The highest BCUT2D eigenvalue weighted by molar-refractivity contribution is 7.15. The molecule has 8 heteroatoms. The number of nitrogens with zero attached hydrogens (tertiary/aromatic N) is 2. The molecule has 0 spiro atoms. The number of nitrogens with one attached hydrogen (secondary N) is 1. The first-order valence-corrected chi connectivity index (χ1v) is 12.1. The van der Waals surface area contributed by atoms with Crippen LogP contribution in [0.2, 0.25) is 0 Å². The minimum absolute atomic E-state index is 0.107. The molecule has 3 aliphatic rings. The van der Waals surface area contributed by atoms with E-state index in [2.05, 4.69) is 21.7 Å². The SMILES string of the molecule is O=C(Nc1nc2c(s1)CN(C(=O)C1(c3cccs3)CCCC1)CC2)C1CCCO1. The van der Waals surface area contributed by atoms with E-state index in [4.69, 9.17) is 4.74 Å². The number of thiazole rings is 1. The molecule has 1 saturated carbocycles. The highest BCUT2D eigenvalue weighted by Gasteiger charge is 2.46. The third-order valence-corrected chi connectivity index (χ3v) is 8.40. The Bertz CT molecular complexity index is 896. The van der Waals surface area contributed by atoms with Gasteiger partial charge in [0.1, 0.15) is 6.10 Å². The van der Waals surface area contributed by atoms with Crippen LogP contribution in [-0.4, -0.2) is 41.0 Å². The van der Waals surface area contributed by atoms with Crippen LogP contribution < -0.4 is 5.32 Å². The Labute approximate surface area is 178 Å². The summed E-state index contributed by atoms with van der Waals surface area (Å²) in [6, 6.07) is 4.17. The van der Waals surface area contributed by atoms with Gasteiger partial charge in [0.05, 0.1) is 17.7 Å². The number of hydrogen-bond acceptors (Lipinski definition) is 6. The predicted octanol–water partition coefficient (Wildman–Crippen LogP) is 3.72. The molecule has 1 aliphatic carbocycles. The molecule has 2 amide bonds. The number of carbonyl (C=O) groups is 2. The molecule has 1 saturated heterocycles. The molecule has 1 N–H and O–H groups in total. The van der Waals surface area contributed by atoms with Crippen LogP contribution in [0.15, 0.2) is 17.5 Å². The quantitative estimate of drug-likeness (QED) is 0.801. The molecule has 2 fully saturated rings. The lowest BCUT2D eigenvalue weighted by molar-refractivity contribution is -0.138. The van der Waals surface area contributed by atoms with Crippen molar-refractivity contribution < 1.29 is 14.3 Å². The summed E-state index contributed by atoms with van der Waals surface area (Å²) in [4.78, 5) is 34.9. The number of fused-ring (bicyclic) bond motifs is 1. The molecule has 4 heterocycles. The maximum atomic E-state index is 13.6. The molecular formula is C21H25N3O3S2. The second kappa shape index (κ2) is 7.81. The zero-order chi connectivity index (χ0) is 19.8. The number of hydrogen-bond donors (Lipinski definition) is 1. The molecule has 6 nitrogen and oxygen atoms in total. The van der Waals surface area contributed by atoms with Crippen LogP contribution in [0.1, 0.15) is 54.0 Å². The highest BCUT2D eigenvalue weighted by Crippen LogP contribution is 2.45. The largest absolute Gasteiger partial charge is 0.368 e. The fourth-order valence-corrected chi connectivity index (χ4v) is 6.80. The van der Waals surface area contributed by atoms with Gasteiger partial charge < -0.3 is 9.64 Å². The van der Waals surface area contributed by atoms with Crippen molar-refractivity contribution in [3.8, 4) is 0 Å². The van der Waals surface area contributed by atoms with Gasteiger partial charge in [-0.2, -0.15) is 0 Å². The Morgan fingerprint density at radius 1 is 1.28 bits per heavy atom. The van der Waals surface area contributed by atoms with E-state index in [0.29, 0.717) is 24.8 Å². The van der Waals surface area contributed by atoms with Gasteiger partial charge in [0, 0.05) is 29.3 Å². The first kappa shape index (κ1) is 19.2. The number of aromatic nitrogens is 1. The maximum absolute atomic E-state index is 13.6. The minimum atomic E-state index is -0.359. The van der Waals surface area contributed by atoms with Crippen LogP contribution >= 0.6 is 22.7 Å². The first-order chi connectivity index (χ1) is 14.2. The highest BCUT2D eigenvalue weighted by atomic mass is 32.1. The molecule has 0 aromatic carbocycles. The number of carbonyl (C=O) groups excluding carboxylic acids is 2. The summed E-state index contributed by atoms with van der Waals surface area (Å²) in [7, 11) is 0. The molecule has 154 valence electrons. The third-order valence-electron chi connectivity index (χ3n) is 6.33. The minimum Gasteiger partial charge on any atom is -0.368 e. The Hall–Kier alpha value is -1.77. The summed E-state index contributed by atoms with van der Waals surface area (Å²) in [5.41, 5.74) is 0.672. The van der Waals surface area contributed by atoms with E-state index in [1.165, 1.54) is 16.2 Å². The molecule has 0 radical (unpaired) electrons. The molecule has 2 aromatic rings. The number of rotatable bonds is 4. The summed E-state index contributed by atoms with van der Waals surface area (Å²) in [6.07, 6.45) is 6.20. The Balaban J connectivity index is 1.31. The van der Waals surface area contributed by atoms with Crippen LogP contribution in [0.4, 0.5) is 5.13 Å². The number of thiophene rings is 1. The standard InChI is InChI=1S/C21H25N3O3S2/c25-18(15-5-3-11-27-15)23-20-22-14-7-10-24(13-16(14)29-20)19(26)21(8-1-2-9-21)17-6-4-12-28-17/h4,6,12,15H,1-3,5,7-11,13H2,(H,22,23,25). The zero-order valence-electron chi connectivity index (χ0n) is 16.3. The smallest absolute Gasteiger partial charge is 0.255 e. The second-order valence-corrected chi connectivity index (χ2v) is 10.2. The molecular weight excluding hydrogens is 406 g/mol. The monoisotopic (exact) mass is 431 g/mol. The van der Waals surface area contributed by atoms with Crippen molar-refractivity contribution >= 4 is 39.6 Å². The van der Waals surface area contributed by atoms with Crippen LogP contribution in [0.5, 0.6) is 0 Å². The Morgan fingerprint density at radius 2 is 2.14 bits per heavy atom. The van der Waals surface area contributed by atoms with E-state index in [9.17, 15) is 9.59 Å². The molecule has 1 atom stereocenters. The van der Waals surface area contributed by atoms with Gasteiger partial charge in [-0.1, -0.05) is 30.2 Å². The normalized spacial score (nSPS) is 23.2. The molecule has 1 unspecified atom stereocenters. The second-order valence-electron chi connectivity index (χ2n) is 8.12. The molecule has 2 aromatic heterocycles. The number of anilines is 1. The maximum Gasteiger partial charge on any atom is 0.255 e. The summed E-state index contributed by atoms with van der Waals surface area (Å²) in [6.45, 7) is 1.94. The third kappa shape index (κ3) is 3.51. The van der Waals surface area contributed by atoms with Gasteiger partial charge in [-0.05, 0) is 37.1 Å². The summed E-state index contributed by atoms with van der Waals surface area (Å²) in [5.74, 6) is 0.158. The number of amides is 2. The Morgan fingerprint density at radius 3 is 2.86 bits per heavy atom. The van der Waals surface area contributed by atoms with Gasteiger partial charge in [0.15, 0.2) is 5.13 Å². The van der Waals surface area contributed by atoms with Crippen LogP contribution in [0.25, 0.3) is 0 Å². The molecule has 29 heavy (non-hydrogen) atoms. The van der Waals surface area contributed by atoms with Crippen molar-refractivity contribution in [1.29, 1.82) is 0 Å². The van der Waals surface area contributed by atoms with Gasteiger partial charge in [-0.15, -0.1) is 11.3 Å². The van der Waals surface area contributed by atoms with Gasteiger partial charge in [-0.3, -0.25) is 14.9 Å². The molecule has 0 bridgehead atoms. The molecule has 2 aliphatic heterocycles. The Kier molecular flexibility index (Phi) is 5.17. The van der Waals surface area contributed by atoms with Crippen molar-refractivity contribution in [2.24, 2.45) is 0 Å². The van der Waals surface area contributed by atoms with Crippen LogP contribution in [-0.2, 0) is 32.7 Å². The van der Waals surface area contributed by atoms with Gasteiger partial charge in [0.2, 0.25) is 5.91 Å². The van der Waals surface area contributed by atoms with Gasteiger partial charge in [-0.25, -0.2) is 4.98 Å². The van der Waals surface area contributed by atoms with Crippen LogP contribution in [0.3, 0.4) is 0 Å². The predicted molar refractivity (Wildman–Crippen MR) is 113 cm³/mol. The van der Waals surface area contributed by atoms with Crippen molar-refractivity contribution in [2.45, 2.75) is 63.0 Å². The van der Waals surface area contributed by atoms with E-state index in [0.717, 1.165) is 55.5 Å². The average molecular weight is 432 g/mol. The van der Waals surface area contributed by atoms with E-state index < -0.39 is 0 Å². The lowest BCUT2D eigenvalue weighted by Gasteiger charge is -2.35. The van der Waals surface area contributed by atoms with Crippen molar-refractivity contribution in [2.75, 3.05) is 18.5 Å². The van der Waals surface area contributed by atoms with E-state index in [1.807, 2.05) is 11.0 Å². The fraction of sp³-hybridized carbons (Fsp3) is 0.571. The van der Waals surface area contributed by atoms with Crippen molar-refractivity contribution in [1.82, 2.24) is 9.88 Å². The number of ether oxygens (including phenoxy) is 1. The molecule has 5 rings (SSSR count).